The van der Waals surface area contributed by atoms with Gasteiger partial charge >= 0.3 is 0 Å². The summed E-state index contributed by atoms with van der Waals surface area (Å²) < 4.78 is 5.84. The van der Waals surface area contributed by atoms with Gasteiger partial charge in [0.1, 0.15) is 6.10 Å². The van der Waals surface area contributed by atoms with Crippen molar-refractivity contribution in [1.82, 2.24) is 14.9 Å². The van der Waals surface area contributed by atoms with Gasteiger partial charge in [0.05, 0.1) is 18.5 Å². The van der Waals surface area contributed by atoms with Crippen molar-refractivity contribution in [1.29, 1.82) is 0 Å². The molecule has 0 aromatic carbocycles. The van der Waals surface area contributed by atoms with Crippen molar-refractivity contribution in [2.24, 2.45) is 5.92 Å². The van der Waals surface area contributed by atoms with E-state index in [1.165, 1.54) is 38.6 Å². The number of ether oxygens (including phenoxy) is 1. The second kappa shape index (κ2) is 6.44. The molecule has 19 heavy (non-hydrogen) atoms. The Morgan fingerprint density at radius 2 is 2.11 bits per heavy atom. The van der Waals surface area contributed by atoms with E-state index >= 15 is 0 Å². The van der Waals surface area contributed by atoms with Crippen molar-refractivity contribution >= 4 is 0 Å². The summed E-state index contributed by atoms with van der Waals surface area (Å²) in [6.07, 6.45) is 12.5. The van der Waals surface area contributed by atoms with Gasteiger partial charge in [0, 0.05) is 32.0 Å². The van der Waals surface area contributed by atoms with Crippen LogP contribution in [-0.2, 0) is 4.74 Å². The maximum absolute atomic E-state index is 5.84. The van der Waals surface area contributed by atoms with Crippen molar-refractivity contribution < 1.29 is 4.74 Å². The molecule has 0 spiro atoms. The summed E-state index contributed by atoms with van der Waals surface area (Å²) in [6.45, 7) is 4.08. The first-order valence-corrected chi connectivity index (χ1v) is 7.51. The maximum atomic E-state index is 5.84. The number of rotatable bonds is 3. The predicted molar refractivity (Wildman–Crippen MR) is 73.7 cm³/mol. The van der Waals surface area contributed by atoms with Gasteiger partial charge in [0.25, 0.3) is 0 Å². The van der Waals surface area contributed by atoms with E-state index in [9.17, 15) is 0 Å². The molecular formula is C15H23N3O. The molecular weight excluding hydrogens is 238 g/mol. The zero-order chi connectivity index (χ0) is 12.9. The Hall–Kier alpha value is -1.00. The quantitative estimate of drug-likeness (QED) is 0.837. The van der Waals surface area contributed by atoms with Crippen LogP contribution < -0.4 is 0 Å². The highest BCUT2D eigenvalue weighted by atomic mass is 16.5. The van der Waals surface area contributed by atoms with Gasteiger partial charge in [-0.2, -0.15) is 0 Å². The van der Waals surface area contributed by atoms with Crippen molar-refractivity contribution in [3.8, 4) is 0 Å². The second-order valence-electron chi connectivity index (χ2n) is 5.75. The lowest BCUT2D eigenvalue weighted by Gasteiger charge is -2.35. The second-order valence-corrected chi connectivity index (χ2v) is 5.75. The first-order chi connectivity index (χ1) is 9.42. The molecule has 104 valence electrons. The third kappa shape index (κ3) is 3.51. The molecule has 2 heterocycles. The summed E-state index contributed by atoms with van der Waals surface area (Å²) >= 11 is 0. The van der Waals surface area contributed by atoms with E-state index < -0.39 is 0 Å². The monoisotopic (exact) mass is 261 g/mol. The minimum Gasteiger partial charge on any atom is -0.369 e. The molecule has 1 aliphatic heterocycles. The SMILES string of the molecule is c1cnc([C@H]2CN(CC3CCCCC3)CCO2)cn1. The van der Waals surface area contributed by atoms with Crippen LogP contribution in [-0.4, -0.2) is 41.1 Å². The summed E-state index contributed by atoms with van der Waals surface area (Å²) in [5.74, 6) is 0.898. The maximum Gasteiger partial charge on any atom is 0.114 e. The highest BCUT2D eigenvalue weighted by Crippen LogP contribution is 2.26. The molecule has 0 bridgehead atoms. The van der Waals surface area contributed by atoms with Crippen molar-refractivity contribution in [2.75, 3.05) is 26.2 Å². The summed E-state index contributed by atoms with van der Waals surface area (Å²) in [6, 6.07) is 0. The highest BCUT2D eigenvalue weighted by molar-refractivity contribution is 5.01. The highest BCUT2D eigenvalue weighted by Gasteiger charge is 2.25. The zero-order valence-corrected chi connectivity index (χ0v) is 11.5. The number of hydrogen-bond donors (Lipinski definition) is 0. The molecule has 1 atom stereocenters. The molecule has 4 nitrogen and oxygen atoms in total. The Morgan fingerprint density at radius 1 is 1.21 bits per heavy atom. The molecule has 1 aliphatic carbocycles. The van der Waals surface area contributed by atoms with Crippen LogP contribution in [0.3, 0.4) is 0 Å². The van der Waals surface area contributed by atoms with Gasteiger partial charge in [0.15, 0.2) is 0 Å². The Morgan fingerprint density at radius 3 is 2.89 bits per heavy atom. The molecule has 1 saturated carbocycles. The Kier molecular flexibility index (Phi) is 4.41. The van der Waals surface area contributed by atoms with E-state index in [2.05, 4.69) is 14.9 Å². The van der Waals surface area contributed by atoms with Crippen molar-refractivity contribution in [3.05, 3.63) is 24.3 Å². The van der Waals surface area contributed by atoms with Crippen LogP contribution in [0.15, 0.2) is 18.6 Å². The standard InChI is InChI=1S/C15H23N3O/c1-2-4-13(5-3-1)11-18-8-9-19-15(12-18)14-10-16-6-7-17-14/h6-7,10,13,15H,1-5,8-9,11-12H2/t15-/m1/s1. The minimum atomic E-state index is 0.103. The van der Waals surface area contributed by atoms with E-state index in [1.807, 2.05) is 6.20 Å². The Labute approximate surface area is 115 Å². The molecule has 0 amide bonds. The van der Waals surface area contributed by atoms with E-state index in [0.29, 0.717) is 0 Å². The lowest BCUT2D eigenvalue weighted by molar-refractivity contribution is -0.0381. The normalized spacial score (nSPS) is 26.4. The molecule has 2 aliphatic rings. The van der Waals surface area contributed by atoms with Crippen molar-refractivity contribution in [3.63, 3.8) is 0 Å². The van der Waals surface area contributed by atoms with Crippen LogP contribution >= 0.6 is 0 Å². The zero-order valence-electron chi connectivity index (χ0n) is 11.5. The van der Waals surface area contributed by atoms with Gasteiger partial charge in [0.2, 0.25) is 0 Å². The van der Waals surface area contributed by atoms with Gasteiger partial charge < -0.3 is 4.74 Å². The van der Waals surface area contributed by atoms with Gasteiger partial charge in [-0.15, -0.1) is 0 Å². The molecule has 1 saturated heterocycles. The van der Waals surface area contributed by atoms with Crippen LogP contribution in [0, 0.1) is 5.92 Å². The summed E-state index contributed by atoms with van der Waals surface area (Å²) in [4.78, 5) is 11.1. The lowest BCUT2D eigenvalue weighted by atomic mass is 9.89. The van der Waals surface area contributed by atoms with Gasteiger partial charge in [-0.05, 0) is 18.8 Å². The Balaban J connectivity index is 1.55. The largest absolute Gasteiger partial charge is 0.369 e. The van der Waals surface area contributed by atoms with Crippen LogP contribution in [0.5, 0.6) is 0 Å². The van der Waals surface area contributed by atoms with E-state index in [4.69, 9.17) is 4.74 Å². The molecule has 1 aromatic heterocycles. The molecule has 0 unspecified atom stereocenters. The molecule has 1 aromatic rings. The Bertz CT molecular complexity index is 378. The number of hydrogen-bond acceptors (Lipinski definition) is 4. The van der Waals surface area contributed by atoms with Crippen LogP contribution in [0.2, 0.25) is 0 Å². The lowest BCUT2D eigenvalue weighted by Crippen LogP contribution is -2.41. The third-order valence-electron chi connectivity index (χ3n) is 4.30. The first-order valence-electron chi connectivity index (χ1n) is 7.51. The van der Waals surface area contributed by atoms with Crippen molar-refractivity contribution in [2.45, 2.75) is 38.2 Å². The van der Waals surface area contributed by atoms with Crippen LogP contribution in [0.1, 0.15) is 43.9 Å². The van der Waals surface area contributed by atoms with Gasteiger partial charge in [-0.1, -0.05) is 19.3 Å². The van der Waals surface area contributed by atoms with E-state index in [0.717, 1.165) is 31.3 Å². The summed E-state index contributed by atoms with van der Waals surface area (Å²) in [5.41, 5.74) is 0.968. The fraction of sp³-hybridized carbons (Fsp3) is 0.733. The third-order valence-corrected chi connectivity index (χ3v) is 4.30. The van der Waals surface area contributed by atoms with Gasteiger partial charge in [-0.25, -0.2) is 0 Å². The van der Waals surface area contributed by atoms with Crippen LogP contribution in [0.4, 0.5) is 0 Å². The topological polar surface area (TPSA) is 38.2 Å². The fourth-order valence-electron chi connectivity index (χ4n) is 3.26. The number of nitrogens with zero attached hydrogens (tertiary/aromatic N) is 3. The average molecular weight is 261 g/mol. The minimum absolute atomic E-state index is 0.103. The molecule has 0 N–H and O–H groups in total. The number of morpholine rings is 1. The summed E-state index contributed by atoms with van der Waals surface area (Å²) in [5, 5.41) is 0. The first kappa shape index (κ1) is 13.0. The molecule has 4 heteroatoms. The fourth-order valence-corrected chi connectivity index (χ4v) is 3.26. The predicted octanol–water partition coefficient (Wildman–Crippen LogP) is 2.43. The summed E-state index contributed by atoms with van der Waals surface area (Å²) in [7, 11) is 0. The smallest absolute Gasteiger partial charge is 0.114 e. The van der Waals surface area contributed by atoms with E-state index in [-0.39, 0.29) is 6.10 Å². The molecule has 0 radical (unpaired) electrons. The average Bonchev–Trinajstić information content (AvgIpc) is 2.49. The van der Waals surface area contributed by atoms with Crippen LogP contribution in [0.25, 0.3) is 0 Å². The molecule has 2 fully saturated rings. The van der Waals surface area contributed by atoms with E-state index in [1.54, 1.807) is 12.4 Å². The molecule has 3 rings (SSSR count). The van der Waals surface area contributed by atoms with Gasteiger partial charge in [-0.3, -0.25) is 14.9 Å². The number of aromatic nitrogens is 2.